The van der Waals surface area contributed by atoms with Gasteiger partial charge >= 0.3 is 6.18 Å². The van der Waals surface area contributed by atoms with E-state index in [9.17, 15) is 13.2 Å². The molecule has 1 aromatic carbocycles. The first-order chi connectivity index (χ1) is 9.06. The zero-order chi connectivity index (χ0) is 13.7. The average molecular weight is 274 g/mol. The Bertz CT molecular complexity index is 421. The van der Waals surface area contributed by atoms with E-state index in [1.165, 1.54) is 0 Å². The van der Waals surface area contributed by atoms with E-state index in [0.29, 0.717) is 19.7 Å². The average Bonchev–Trinajstić information content (AvgIpc) is 2.37. The van der Waals surface area contributed by atoms with Gasteiger partial charge in [0.15, 0.2) is 0 Å². The Labute approximate surface area is 110 Å². The molecule has 0 radical (unpaired) electrons. The summed E-state index contributed by atoms with van der Waals surface area (Å²) in [6.07, 6.45) is -4.72. The number of ether oxygens (including phenoxy) is 1. The number of anilines is 1. The number of hydrogen-bond donors (Lipinski definition) is 2. The highest BCUT2D eigenvalue weighted by molar-refractivity contribution is 5.61. The number of fused-ring (bicyclic) bond motifs is 1. The molecule has 0 bridgehead atoms. The van der Waals surface area contributed by atoms with Crippen LogP contribution >= 0.6 is 0 Å². The number of rotatable bonds is 5. The van der Waals surface area contributed by atoms with Gasteiger partial charge in [0, 0.05) is 25.1 Å². The lowest BCUT2D eigenvalue weighted by Crippen LogP contribution is -2.22. The van der Waals surface area contributed by atoms with Crippen LogP contribution in [0.2, 0.25) is 0 Å². The molecule has 2 N–H and O–H groups in total. The summed E-state index contributed by atoms with van der Waals surface area (Å²) in [7, 11) is 0. The predicted molar refractivity (Wildman–Crippen MR) is 67.4 cm³/mol. The molecule has 0 spiro atoms. The fourth-order valence-electron chi connectivity index (χ4n) is 2.01. The zero-order valence-corrected chi connectivity index (χ0v) is 10.5. The molecule has 0 aromatic heterocycles. The Morgan fingerprint density at radius 2 is 2.16 bits per heavy atom. The van der Waals surface area contributed by atoms with Crippen molar-refractivity contribution in [2.24, 2.45) is 0 Å². The minimum absolute atomic E-state index is 0.0949. The van der Waals surface area contributed by atoms with Crippen molar-refractivity contribution in [2.45, 2.75) is 25.6 Å². The van der Waals surface area contributed by atoms with Crippen molar-refractivity contribution in [2.75, 3.05) is 25.0 Å². The zero-order valence-electron chi connectivity index (χ0n) is 10.5. The van der Waals surface area contributed by atoms with Crippen molar-refractivity contribution >= 4 is 5.69 Å². The van der Waals surface area contributed by atoms with E-state index in [0.717, 1.165) is 23.5 Å². The van der Waals surface area contributed by atoms with E-state index in [4.69, 9.17) is 4.74 Å². The molecule has 2 rings (SSSR count). The van der Waals surface area contributed by atoms with Gasteiger partial charge in [-0.3, -0.25) is 0 Å². The second-order valence-corrected chi connectivity index (χ2v) is 4.46. The van der Waals surface area contributed by atoms with Crippen molar-refractivity contribution in [3.8, 4) is 5.75 Å². The van der Waals surface area contributed by atoms with Crippen LogP contribution in [0.5, 0.6) is 5.75 Å². The van der Waals surface area contributed by atoms with Gasteiger partial charge in [-0.25, -0.2) is 0 Å². The number of para-hydroxylation sites is 1. The summed E-state index contributed by atoms with van der Waals surface area (Å²) >= 11 is 0. The third-order valence-corrected chi connectivity index (χ3v) is 2.89. The van der Waals surface area contributed by atoms with Crippen LogP contribution < -0.4 is 15.4 Å². The SMILES string of the molecule is FC(F)(F)CCCNCc1cccc2c1OCCN2. The number of benzene rings is 1. The largest absolute Gasteiger partial charge is 0.489 e. The first kappa shape index (κ1) is 14.0. The Kier molecular flexibility index (Phi) is 4.52. The number of halogens is 3. The fraction of sp³-hybridized carbons (Fsp3) is 0.538. The Morgan fingerprint density at radius 1 is 1.32 bits per heavy atom. The van der Waals surface area contributed by atoms with Gasteiger partial charge in [0.1, 0.15) is 12.4 Å². The van der Waals surface area contributed by atoms with Gasteiger partial charge in [-0.05, 0) is 19.0 Å². The molecule has 0 saturated carbocycles. The van der Waals surface area contributed by atoms with E-state index in [2.05, 4.69) is 10.6 Å². The maximum atomic E-state index is 12.0. The molecule has 6 heteroatoms. The molecule has 1 aliphatic heterocycles. The van der Waals surface area contributed by atoms with E-state index in [-0.39, 0.29) is 6.42 Å². The Hall–Kier alpha value is -1.43. The topological polar surface area (TPSA) is 33.3 Å². The Morgan fingerprint density at radius 3 is 2.95 bits per heavy atom. The third-order valence-electron chi connectivity index (χ3n) is 2.89. The van der Waals surface area contributed by atoms with Gasteiger partial charge in [0.2, 0.25) is 0 Å². The van der Waals surface area contributed by atoms with Crippen LogP contribution in [-0.4, -0.2) is 25.9 Å². The smallest absolute Gasteiger partial charge is 0.389 e. The molecule has 0 saturated heterocycles. The summed E-state index contributed by atoms with van der Waals surface area (Å²) in [4.78, 5) is 0. The van der Waals surface area contributed by atoms with Crippen molar-refractivity contribution in [1.82, 2.24) is 5.32 Å². The van der Waals surface area contributed by atoms with Gasteiger partial charge in [-0.2, -0.15) is 13.2 Å². The molecular formula is C13H17F3N2O. The lowest BCUT2D eigenvalue weighted by atomic mass is 10.1. The van der Waals surface area contributed by atoms with E-state index in [1.807, 2.05) is 18.2 Å². The summed E-state index contributed by atoms with van der Waals surface area (Å²) < 4.78 is 41.5. The molecule has 1 aromatic rings. The van der Waals surface area contributed by atoms with Crippen LogP contribution in [0, 0.1) is 0 Å². The summed E-state index contributed by atoms with van der Waals surface area (Å²) in [6, 6.07) is 5.76. The third kappa shape index (κ3) is 4.31. The highest BCUT2D eigenvalue weighted by Gasteiger charge is 2.25. The summed E-state index contributed by atoms with van der Waals surface area (Å²) in [5.74, 6) is 0.803. The van der Waals surface area contributed by atoms with E-state index >= 15 is 0 Å². The van der Waals surface area contributed by atoms with Gasteiger partial charge < -0.3 is 15.4 Å². The normalized spacial score (nSPS) is 14.5. The van der Waals surface area contributed by atoms with Gasteiger partial charge in [-0.15, -0.1) is 0 Å². The number of alkyl halides is 3. The molecule has 19 heavy (non-hydrogen) atoms. The highest BCUT2D eigenvalue weighted by atomic mass is 19.4. The summed E-state index contributed by atoms with van der Waals surface area (Å²) in [6.45, 7) is 2.24. The maximum Gasteiger partial charge on any atom is 0.389 e. The molecule has 0 atom stereocenters. The molecule has 1 aliphatic rings. The van der Waals surface area contributed by atoms with Gasteiger partial charge in [0.25, 0.3) is 0 Å². The monoisotopic (exact) mass is 274 g/mol. The van der Waals surface area contributed by atoms with Crippen molar-refractivity contribution in [1.29, 1.82) is 0 Å². The van der Waals surface area contributed by atoms with E-state index < -0.39 is 12.6 Å². The summed E-state index contributed by atoms with van der Waals surface area (Å²) in [5.41, 5.74) is 1.91. The van der Waals surface area contributed by atoms with Gasteiger partial charge in [0.05, 0.1) is 5.69 Å². The van der Waals surface area contributed by atoms with Crippen LogP contribution in [0.3, 0.4) is 0 Å². The van der Waals surface area contributed by atoms with Crippen molar-refractivity contribution in [3.05, 3.63) is 23.8 Å². The Balaban J connectivity index is 1.80. The lowest BCUT2D eigenvalue weighted by molar-refractivity contribution is -0.135. The van der Waals surface area contributed by atoms with Crippen LogP contribution in [0.15, 0.2) is 18.2 Å². The number of nitrogens with one attached hydrogen (secondary N) is 2. The van der Waals surface area contributed by atoms with Crippen LogP contribution in [0.4, 0.5) is 18.9 Å². The van der Waals surface area contributed by atoms with E-state index in [1.54, 1.807) is 0 Å². The summed E-state index contributed by atoms with van der Waals surface area (Å²) in [5, 5.41) is 6.24. The first-order valence-corrected chi connectivity index (χ1v) is 6.32. The molecule has 106 valence electrons. The first-order valence-electron chi connectivity index (χ1n) is 6.32. The minimum atomic E-state index is -4.07. The number of hydrogen-bond acceptors (Lipinski definition) is 3. The minimum Gasteiger partial charge on any atom is -0.489 e. The maximum absolute atomic E-state index is 12.0. The quantitative estimate of drug-likeness (QED) is 0.810. The highest BCUT2D eigenvalue weighted by Crippen LogP contribution is 2.31. The molecule has 0 fully saturated rings. The standard InChI is InChI=1S/C13H17F3N2O/c14-13(15,16)5-2-6-17-9-10-3-1-4-11-12(10)19-8-7-18-11/h1,3-4,17-18H,2,5-9H2. The molecule has 0 amide bonds. The van der Waals surface area contributed by atoms with Crippen LogP contribution in [0.1, 0.15) is 18.4 Å². The van der Waals surface area contributed by atoms with Crippen LogP contribution in [-0.2, 0) is 6.54 Å². The molecule has 1 heterocycles. The van der Waals surface area contributed by atoms with Crippen LogP contribution in [0.25, 0.3) is 0 Å². The van der Waals surface area contributed by atoms with Crippen molar-refractivity contribution < 1.29 is 17.9 Å². The molecular weight excluding hydrogens is 257 g/mol. The second kappa shape index (κ2) is 6.14. The molecule has 0 aliphatic carbocycles. The second-order valence-electron chi connectivity index (χ2n) is 4.46. The van der Waals surface area contributed by atoms with Crippen molar-refractivity contribution in [3.63, 3.8) is 0 Å². The lowest BCUT2D eigenvalue weighted by Gasteiger charge is -2.22. The van der Waals surface area contributed by atoms with Gasteiger partial charge in [-0.1, -0.05) is 12.1 Å². The fourth-order valence-corrected chi connectivity index (χ4v) is 2.01. The molecule has 0 unspecified atom stereocenters. The molecule has 3 nitrogen and oxygen atoms in total. The predicted octanol–water partition coefficient (Wildman–Crippen LogP) is 2.92.